The molecule has 0 spiro atoms. The van der Waals surface area contributed by atoms with Gasteiger partial charge < -0.3 is 10.2 Å². The Hall–Kier alpha value is -1.85. The molecule has 3 rings (SSSR count). The predicted octanol–water partition coefficient (Wildman–Crippen LogP) is 2.85. The van der Waals surface area contributed by atoms with E-state index in [0.29, 0.717) is 0 Å². The maximum atomic E-state index is 12.1. The van der Waals surface area contributed by atoms with Gasteiger partial charge in [0.05, 0.1) is 5.00 Å². The second kappa shape index (κ2) is 6.07. The lowest BCUT2D eigenvalue weighted by molar-refractivity contribution is 0.204. The molecule has 1 aliphatic rings. The number of hydrogen-bond acceptors (Lipinski definition) is 3. The molecule has 0 aliphatic carbocycles. The van der Waals surface area contributed by atoms with Crippen molar-refractivity contribution in [3.63, 3.8) is 0 Å². The highest BCUT2D eigenvalue weighted by molar-refractivity contribution is 7.19. The largest absolute Gasteiger partial charge is 0.322 e. The van der Waals surface area contributed by atoms with E-state index in [0.717, 1.165) is 31.2 Å². The molecule has 1 saturated heterocycles. The van der Waals surface area contributed by atoms with E-state index >= 15 is 0 Å². The molecule has 20 heavy (non-hydrogen) atoms. The van der Waals surface area contributed by atoms with Crippen molar-refractivity contribution in [3.05, 3.63) is 42.5 Å². The van der Waals surface area contributed by atoms with Crippen molar-refractivity contribution in [2.45, 2.75) is 0 Å². The number of amides is 2. The number of nitrogens with zero attached hydrogens (tertiary/aromatic N) is 1. The van der Waals surface area contributed by atoms with E-state index in [-0.39, 0.29) is 6.03 Å². The molecule has 0 radical (unpaired) electrons. The Kier molecular flexibility index (Phi) is 3.99. The monoisotopic (exact) mass is 287 g/mol. The molecular formula is C15H17N3OS. The molecule has 0 saturated carbocycles. The van der Waals surface area contributed by atoms with E-state index < -0.39 is 0 Å². The fourth-order valence-electron chi connectivity index (χ4n) is 2.22. The fourth-order valence-corrected chi connectivity index (χ4v) is 3.12. The lowest BCUT2D eigenvalue weighted by atomic mass is 10.2. The van der Waals surface area contributed by atoms with Crippen LogP contribution in [-0.4, -0.2) is 37.1 Å². The Bertz CT molecular complexity index is 576. The number of piperazine rings is 1. The number of anilines is 1. The first-order chi connectivity index (χ1) is 9.83. The molecule has 4 nitrogen and oxygen atoms in total. The Morgan fingerprint density at radius 1 is 1.10 bits per heavy atom. The quantitative estimate of drug-likeness (QED) is 0.892. The summed E-state index contributed by atoms with van der Waals surface area (Å²) in [6.07, 6.45) is 0. The van der Waals surface area contributed by atoms with E-state index in [4.69, 9.17) is 0 Å². The van der Waals surface area contributed by atoms with Crippen LogP contribution in [0.4, 0.5) is 9.80 Å². The van der Waals surface area contributed by atoms with Crippen molar-refractivity contribution in [3.8, 4) is 10.4 Å². The van der Waals surface area contributed by atoms with Crippen LogP contribution in [0.25, 0.3) is 10.4 Å². The smallest absolute Gasteiger partial charge is 0.322 e. The molecule has 1 aromatic heterocycles. The predicted molar refractivity (Wildman–Crippen MR) is 83.2 cm³/mol. The highest BCUT2D eigenvalue weighted by atomic mass is 32.1. The van der Waals surface area contributed by atoms with Crippen LogP contribution in [0.5, 0.6) is 0 Å². The minimum absolute atomic E-state index is 0.00652. The highest BCUT2D eigenvalue weighted by Crippen LogP contribution is 2.31. The number of hydrogen-bond donors (Lipinski definition) is 2. The van der Waals surface area contributed by atoms with Crippen LogP contribution in [0.1, 0.15) is 0 Å². The van der Waals surface area contributed by atoms with Gasteiger partial charge in [0.25, 0.3) is 0 Å². The lowest BCUT2D eigenvalue weighted by Gasteiger charge is -2.27. The third-order valence-corrected chi connectivity index (χ3v) is 4.35. The van der Waals surface area contributed by atoms with Crippen molar-refractivity contribution >= 4 is 22.4 Å². The third kappa shape index (κ3) is 3.00. The lowest BCUT2D eigenvalue weighted by Crippen LogP contribution is -2.47. The van der Waals surface area contributed by atoms with Crippen LogP contribution in [0.3, 0.4) is 0 Å². The summed E-state index contributed by atoms with van der Waals surface area (Å²) in [5.74, 6) is 0. The summed E-state index contributed by atoms with van der Waals surface area (Å²) in [6.45, 7) is 3.27. The van der Waals surface area contributed by atoms with Crippen LogP contribution in [-0.2, 0) is 0 Å². The first kappa shape index (κ1) is 13.1. The summed E-state index contributed by atoms with van der Waals surface area (Å²) in [5, 5.41) is 7.12. The first-order valence-electron chi connectivity index (χ1n) is 6.75. The van der Waals surface area contributed by atoms with Crippen LogP contribution < -0.4 is 10.6 Å². The minimum atomic E-state index is -0.00652. The summed E-state index contributed by atoms with van der Waals surface area (Å²) in [7, 11) is 0. The third-order valence-electron chi connectivity index (χ3n) is 3.30. The molecule has 0 bridgehead atoms. The van der Waals surface area contributed by atoms with E-state index in [1.165, 1.54) is 10.4 Å². The van der Waals surface area contributed by atoms with E-state index in [1.807, 2.05) is 35.2 Å². The second-order valence-electron chi connectivity index (χ2n) is 4.70. The number of carbonyl (C=O) groups excluding carboxylic acids is 1. The van der Waals surface area contributed by atoms with Gasteiger partial charge in [-0.05, 0) is 17.7 Å². The maximum absolute atomic E-state index is 12.1. The van der Waals surface area contributed by atoms with Crippen molar-refractivity contribution in [1.29, 1.82) is 0 Å². The molecule has 1 fully saturated rings. The summed E-state index contributed by atoms with van der Waals surface area (Å²) in [4.78, 5) is 15.1. The topological polar surface area (TPSA) is 44.4 Å². The Labute approximate surface area is 122 Å². The summed E-state index contributed by atoms with van der Waals surface area (Å²) < 4.78 is 0. The summed E-state index contributed by atoms with van der Waals surface area (Å²) >= 11 is 1.60. The van der Waals surface area contributed by atoms with Crippen LogP contribution in [0.2, 0.25) is 0 Å². The van der Waals surface area contributed by atoms with Crippen molar-refractivity contribution in [2.24, 2.45) is 0 Å². The van der Waals surface area contributed by atoms with Gasteiger partial charge in [0.15, 0.2) is 0 Å². The number of carbonyl (C=O) groups is 1. The van der Waals surface area contributed by atoms with Gasteiger partial charge in [0.2, 0.25) is 0 Å². The van der Waals surface area contributed by atoms with E-state index in [1.54, 1.807) is 11.3 Å². The number of thiophene rings is 1. The number of rotatable bonds is 2. The van der Waals surface area contributed by atoms with Crippen molar-refractivity contribution in [2.75, 3.05) is 31.5 Å². The van der Waals surface area contributed by atoms with Gasteiger partial charge in [-0.3, -0.25) is 5.32 Å². The molecule has 1 aliphatic heterocycles. The van der Waals surface area contributed by atoms with Crippen molar-refractivity contribution < 1.29 is 4.79 Å². The summed E-state index contributed by atoms with van der Waals surface area (Å²) in [5.41, 5.74) is 1.18. The van der Waals surface area contributed by atoms with Crippen LogP contribution in [0.15, 0.2) is 42.5 Å². The zero-order valence-corrected chi connectivity index (χ0v) is 12.0. The van der Waals surface area contributed by atoms with E-state index in [9.17, 15) is 4.79 Å². The zero-order valence-electron chi connectivity index (χ0n) is 11.1. The molecule has 1 aromatic carbocycles. The normalized spacial score (nSPS) is 15.1. The molecule has 2 N–H and O–H groups in total. The van der Waals surface area contributed by atoms with Crippen LogP contribution in [0, 0.1) is 0 Å². The molecule has 104 valence electrons. The molecule has 0 unspecified atom stereocenters. The fraction of sp³-hybridized carbons (Fsp3) is 0.267. The Balaban J connectivity index is 1.66. The molecule has 2 heterocycles. The average molecular weight is 287 g/mol. The van der Waals surface area contributed by atoms with E-state index in [2.05, 4.69) is 22.8 Å². The number of benzene rings is 1. The highest BCUT2D eigenvalue weighted by Gasteiger charge is 2.16. The number of nitrogens with one attached hydrogen (secondary N) is 2. The molecule has 2 amide bonds. The minimum Gasteiger partial charge on any atom is -0.322 e. The van der Waals surface area contributed by atoms with Gasteiger partial charge in [-0.15, -0.1) is 11.3 Å². The zero-order chi connectivity index (χ0) is 13.8. The SMILES string of the molecule is O=C(Nc1ccc(-c2ccccc2)s1)N1CCNCC1. The van der Waals surface area contributed by atoms with Gasteiger partial charge in [0, 0.05) is 31.1 Å². The second-order valence-corrected chi connectivity index (χ2v) is 5.78. The first-order valence-corrected chi connectivity index (χ1v) is 7.56. The molecule has 2 aromatic rings. The Morgan fingerprint density at radius 3 is 2.60 bits per heavy atom. The number of urea groups is 1. The standard InChI is InChI=1S/C15H17N3OS/c19-15(18-10-8-16-9-11-18)17-14-7-6-13(20-14)12-4-2-1-3-5-12/h1-7,16H,8-11H2,(H,17,19). The molecule has 5 heteroatoms. The average Bonchev–Trinajstić information content (AvgIpc) is 2.97. The molecular weight excluding hydrogens is 270 g/mol. The maximum Gasteiger partial charge on any atom is 0.322 e. The van der Waals surface area contributed by atoms with Gasteiger partial charge in [-0.25, -0.2) is 4.79 Å². The van der Waals surface area contributed by atoms with Gasteiger partial charge in [-0.2, -0.15) is 0 Å². The van der Waals surface area contributed by atoms with Gasteiger partial charge in [-0.1, -0.05) is 30.3 Å². The van der Waals surface area contributed by atoms with Crippen LogP contribution >= 0.6 is 11.3 Å². The summed E-state index contributed by atoms with van der Waals surface area (Å²) in [6, 6.07) is 14.2. The van der Waals surface area contributed by atoms with Gasteiger partial charge >= 0.3 is 6.03 Å². The Morgan fingerprint density at radius 2 is 1.85 bits per heavy atom. The van der Waals surface area contributed by atoms with Crippen molar-refractivity contribution in [1.82, 2.24) is 10.2 Å². The molecule has 0 atom stereocenters. The van der Waals surface area contributed by atoms with Gasteiger partial charge in [0.1, 0.15) is 0 Å².